The number of aryl methyl sites for hydroxylation is 2. The third-order valence-electron chi connectivity index (χ3n) is 4.23. The second-order valence-electron chi connectivity index (χ2n) is 5.65. The molecule has 0 atom stereocenters. The molecular formula is C18H14ClNO2. The summed E-state index contributed by atoms with van der Waals surface area (Å²) in [5.74, 6) is -0.0442. The summed E-state index contributed by atoms with van der Waals surface area (Å²) in [6.07, 6.45) is 3.28. The van der Waals surface area contributed by atoms with Gasteiger partial charge in [-0.2, -0.15) is 0 Å². The molecule has 1 aliphatic rings. The molecule has 3 nitrogen and oxygen atoms in total. The molecule has 0 amide bonds. The summed E-state index contributed by atoms with van der Waals surface area (Å²) in [5.41, 5.74) is 10.3. The van der Waals surface area contributed by atoms with Crippen molar-refractivity contribution in [2.45, 2.75) is 19.3 Å². The lowest BCUT2D eigenvalue weighted by molar-refractivity contribution is 0.101. The number of benzene rings is 2. The Morgan fingerprint density at radius 2 is 1.91 bits per heavy atom. The Balaban J connectivity index is 1.85. The SMILES string of the molecule is Nc1c(C(=O)c2cccc(Cl)c2)oc2cc3c(cc12)CCC3. The van der Waals surface area contributed by atoms with Gasteiger partial charge in [0, 0.05) is 16.0 Å². The molecule has 1 heterocycles. The number of furan rings is 1. The predicted molar refractivity (Wildman–Crippen MR) is 87.5 cm³/mol. The van der Waals surface area contributed by atoms with Crippen molar-refractivity contribution >= 4 is 34.0 Å². The zero-order chi connectivity index (χ0) is 15.3. The largest absolute Gasteiger partial charge is 0.450 e. The molecule has 0 fully saturated rings. The zero-order valence-electron chi connectivity index (χ0n) is 11.9. The highest BCUT2D eigenvalue weighted by Crippen LogP contribution is 2.35. The lowest BCUT2D eigenvalue weighted by Gasteiger charge is -1.99. The van der Waals surface area contributed by atoms with Gasteiger partial charge in [0.2, 0.25) is 5.78 Å². The van der Waals surface area contributed by atoms with Crippen molar-refractivity contribution in [3.63, 3.8) is 0 Å². The summed E-state index contributed by atoms with van der Waals surface area (Å²) in [5, 5.41) is 1.34. The summed E-state index contributed by atoms with van der Waals surface area (Å²) in [4.78, 5) is 12.6. The molecule has 2 aromatic carbocycles. The van der Waals surface area contributed by atoms with Crippen LogP contribution in [-0.4, -0.2) is 5.78 Å². The van der Waals surface area contributed by atoms with Gasteiger partial charge < -0.3 is 10.2 Å². The van der Waals surface area contributed by atoms with Crippen molar-refractivity contribution in [3.8, 4) is 0 Å². The van der Waals surface area contributed by atoms with E-state index in [9.17, 15) is 4.79 Å². The smallest absolute Gasteiger partial charge is 0.230 e. The zero-order valence-corrected chi connectivity index (χ0v) is 12.6. The van der Waals surface area contributed by atoms with Gasteiger partial charge in [0.25, 0.3) is 0 Å². The van der Waals surface area contributed by atoms with E-state index in [1.807, 2.05) is 6.07 Å². The maximum absolute atomic E-state index is 12.6. The molecule has 3 aromatic rings. The highest BCUT2D eigenvalue weighted by Gasteiger charge is 2.22. The molecule has 1 aromatic heterocycles. The van der Waals surface area contributed by atoms with Gasteiger partial charge >= 0.3 is 0 Å². The van der Waals surface area contributed by atoms with Crippen molar-refractivity contribution in [2.24, 2.45) is 0 Å². The predicted octanol–water partition coefficient (Wildman–Crippen LogP) is 4.39. The fourth-order valence-corrected chi connectivity index (χ4v) is 3.30. The van der Waals surface area contributed by atoms with E-state index < -0.39 is 0 Å². The Kier molecular flexibility index (Phi) is 2.98. The number of rotatable bonds is 2. The van der Waals surface area contributed by atoms with Crippen LogP contribution in [0.25, 0.3) is 11.0 Å². The molecule has 2 N–H and O–H groups in total. The number of nitrogen functional groups attached to an aromatic ring is 1. The van der Waals surface area contributed by atoms with Crippen LogP contribution in [0.1, 0.15) is 33.7 Å². The first kappa shape index (κ1) is 13.4. The topological polar surface area (TPSA) is 56.2 Å². The van der Waals surface area contributed by atoms with Crippen LogP contribution in [0.2, 0.25) is 5.02 Å². The van der Waals surface area contributed by atoms with Crippen LogP contribution >= 0.6 is 11.6 Å². The number of hydrogen-bond donors (Lipinski definition) is 1. The quantitative estimate of drug-likeness (QED) is 0.714. The summed E-state index contributed by atoms with van der Waals surface area (Å²) in [6.45, 7) is 0. The van der Waals surface area contributed by atoms with E-state index in [0.29, 0.717) is 21.9 Å². The van der Waals surface area contributed by atoms with Crippen LogP contribution in [0.15, 0.2) is 40.8 Å². The maximum atomic E-state index is 12.6. The van der Waals surface area contributed by atoms with Crippen LogP contribution in [-0.2, 0) is 12.8 Å². The molecule has 4 heteroatoms. The van der Waals surface area contributed by atoms with Gasteiger partial charge in [0.1, 0.15) is 5.58 Å². The van der Waals surface area contributed by atoms with E-state index in [2.05, 4.69) is 6.07 Å². The average molecular weight is 312 g/mol. The van der Waals surface area contributed by atoms with Crippen molar-refractivity contribution in [2.75, 3.05) is 5.73 Å². The van der Waals surface area contributed by atoms with Crippen LogP contribution in [0, 0.1) is 0 Å². The summed E-state index contributed by atoms with van der Waals surface area (Å²) >= 11 is 5.95. The molecule has 0 radical (unpaired) electrons. The maximum Gasteiger partial charge on any atom is 0.230 e. The number of ketones is 1. The molecule has 110 valence electrons. The van der Waals surface area contributed by atoms with Crippen molar-refractivity contribution in [1.29, 1.82) is 0 Å². The summed E-state index contributed by atoms with van der Waals surface area (Å²) in [7, 11) is 0. The van der Waals surface area contributed by atoms with E-state index in [-0.39, 0.29) is 11.5 Å². The molecule has 4 rings (SSSR count). The highest BCUT2D eigenvalue weighted by atomic mass is 35.5. The normalized spacial score (nSPS) is 13.5. The van der Waals surface area contributed by atoms with Crippen molar-refractivity contribution < 1.29 is 9.21 Å². The first-order valence-electron chi connectivity index (χ1n) is 7.27. The standard InChI is InChI=1S/C18H14ClNO2/c19-13-6-2-5-12(7-13)17(21)18-16(20)14-8-10-3-1-4-11(10)9-15(14)22-18/h2,5-9H,1,3-4,20H2. The molecule has 1 aliphatic carbocycles. The van der Waals surface area contributed by atoms with Crippen LogP contribution in [0.5, 0.6) is 0 Å². The van der Waals surface area contributed by atoms with Gasteiger partial charge in [-0.15, -0.1) is 0 Å². The fourth-order valence-electron chi connectivity index (χ4n) is 3.11. The van der Waals surface area contributed by atoms with E-state index in [4.69, 9.17) is 21.8 Å². The van der Waals surface area contributed by atoms with Gasteiger partial charge in [-0.05, 0) is 54.7 Å². The number of nitrogens with two attached hydrogens (primary N) is 1. The third kappa shape index (κ3) is 2.01. The lowest BCUT2D eigenvalue weighted by atomic mass is 10.0. The monoisotopic (exact) mass is 311 g/mol. The van der Waals surface area contributed by atoms with Crippen LogP contribution < -0.4 is 5.73 Å². The van der Waals surface area contributed by atoms with E-state index in [1.165, 1.54) is 11.1 Å². The molecule has 0 saturated carbocycles. The lowest BCUT2D eigenvalue weighted by Crippen LogP contribution is -2.02. The molecule has 0 aliphatic heterocycles. The second-order valence-corrected chi connectivity index (χ2v) is 6.09. The first-order chi connectivity index (χ1) is 10.6. The van der Waals surface area contributed by atoms with Gasteiger partial charge in [-0.25, -0.2) is 0 Å². The molecule has 0 unspecified atom stereocenters. The summed E-state index contributed by atoms with van der Waals surface area (Å²) in [6, 6.07) is 10.9. The van der Waals surface area contributed by atoms with E-state index in [1.54, 1.807) is 24.3 Å². The third-order valence-corrected chi connectivity index (χ3v) is 4.47. The average Bonchev–Trinajstić information content (AvgIpc) is 3.09. The summed E-state index contributed by atoms with van der Waals surface area (Å²) < 4.78 is 5.76. The van der Waals surface area contributed by atoms with Gasteiger partial charge in [0.15, 0.2) is 5.76 Å². The molecule has 0 spiro atoms. The fraction of sp³-hybridized carbons (Fsp3) is 0.167. The molecule has 22 heavy (non-hydrogen) atoms. The number of anilines is 1. The number of fused-ring (bicyclic) bond motifs is 2. The number of carbonyl (C=O) groups excluding carboxylic acids is 1. The number of carbonyl (C=O) groups is 1. The van der Waals surface area contributed by atoms with E-state index in [0.717, 1.165) is 24.6 Å². The van der Waals surface area contributed by atoms with Gasteiger partial charge in [0.05, 0.1) is 5.69 Å². The Bertz CT molecular complexity index is 911. The molecule has 0 saturated heterocycles. The molecule has 0 bridgehead atoms. The molecular weight excluding hydrogens is 298 g/mol. The minimum absolute atomic E-state index is 0.195. The Hall–Kier alpha value is -2.26. The van der Waals surface area contributed by atoms with Crippen molar-refractivity contribution in [3.05, 3.63) is 63.9 Å². The van der Waals surface area contributed by atoms with Gasteiger partial charge in [-0.3, -0.25) is 4.79 Å². The van der Waals surface area contributed by atoms with Gasteiger partial charge in [-0.1, -0.05) is 23.7 Å². The Morgan fingerprint density at radius 3 is 2.68 bits per heavy atom. The van der Waals surface area contributed by atoms with Crippen LogP contribution in [0.4, 0.5) is 5.69 Å². The Morgan fingerprint density at radius 1 is 1.14 bits per heavy atom. The highest BCUT2D eigenvalue weighted by molar-refractivity contribution is 6.31. The minimum Gasteiger partial charge on any atom is -0.450 e. The number of halogens is 1. The van der Waals surface area contributed by atoms with Crippen LogP contribution in [0.3, 0.4) is 0 Å². The second kappa shape index (κ2) is 4.89. The Labute approximate surface area is 132 Å². The first-order valence-corrected chi connectivity index (χ1v) is 7.65. The van der Waals surface area contributed by atoms with E-state index >= 15 is 0 Å². The minimum atomic E-state index is -0.239. The van der Waals surface area contributed by atoms with Crippen molar-refractivity contribution in [1.82, 2.24) is 0 Å². The number of hydrogen-bond acceptors (Lipinski definition) is 3.